The molecule has 1 aromatic heterocycles. The maximum Gasteiger partial charge on any atom is 0.224 e. The van der Waals surface area contributed by atoms with E-state index in [0.29, 0.717) is 5.95 Å². The molecule has 0 fully saturated rings. The molecule has 1 N–H and O–H groups in total. The van der Waals surface area contributed by atoms with E-state index in [4.69, 9.17) is 0 Å². The lowest BCUT2D eigenvalue weighted by molar-refractivity contribution is -0.117. The summed E-state index contributed by atoms with van der Waals surface area (Å²) < 4.78 is 0. The minimum absolute atomic E-state index is 0.0706. The number of anilines is 2. The standard InChI is InChI=1S/C17H20N4O/c1-11-12(2)21(13(3)22)15-8-5-4-7-14(15)16(11)20-17-18-9-6-10-19-17/h4-12,16H,1-3H3,(H,18,19,20)/t11-,12-,16+/m0/s1. The van der Waals surface area contributed by atoms with Gasteiger partial charge in [0.25, 0.3) is 0 Å². The van der Waals surface area contributed by atoms with Crippen molar-refractivity contribution in [2.45, 2.75) is 32.9 Å². The monoisotopic (exact) mass is 296 g/mol. The molecule has 0 saturated heterocycles. The van der Waals surface area contributed by atoms with E-state index in [0.717, 1.165) is 11.3 Å². The van der Waals surface area contributed by atoms with Crippen molar-refractivity contribution in [1.82, 2.24) is 9.97 Å². The summed E-state index contributed by atoms with van der Waals surface area (Å²) >= 11 is 0. The van der Waals surface area contributed by atoms with E-state index in [1.54, 1.807) is 25.4 Å². The van der Waals surface area contributed by atoms with E-state index in [1.165, 1.54) is 0 Å². The van der Waals surface area contributed by atoms with Crippen LogP contribution < -0.4 is 10.2 Å². The molecule has 1 amide bonds. The summed E-state index contributed by atoms with van der Waals surface area (Å²) in [5, 5.41) is 3.42. The molecule has 22 heavy (non-hydrogen) atoms. The van der Waals surface area contributed by atoms with Gasteiger partial charge in [0, 0.05) is 37.0 Å². The number of hydrogen-bond donors (Lipinski definition) is 1. The van der Waals surface area contributed by atoms with Gasteiger partial charge in [-0.05, 0) is 24.6 Å². The zero-order chi connectivity index (χ0) is 15.7. The normalized spacial score (nSPS) is 23.8. The van der Waals surface area contributed by atoms with Crippen LogP contribution in [0.4, 0.5) is 11.6 Å². The first-order valence-corrected chi connectivity index (χ1v) is 7.52. The van der Waals surface area contributed by atoms with Gasteiger partial charge >= 0.3 is 0 Å². The van der Waals surface area contributed by atoms with Crippen LogP contribution in [-0.2, 0) is 4.79 Å². The van der Waals surface area contributed by atoms with Crippen molar-refractivity contribution in [2.75, 3.05) is 10.2 Å². The molecule has 0 bridgehead atoms. The third-order valence-electron chi connectivity index (χ3n) is 4.41. The van der Waals surface area contributed by atoms with E-state index >= 15 is 0 Å². The molecule has 2 heterocycles. The summed E-state index contributed by atoms with van der Waals surface area (Å²) in [5.74, 6) is 0.918. The molecule has 2 aromatic rings. The topological polar surface area (TPSA) is 58.1 Å². The van der Waals surface area contributed by atoms with Crippen LogP contribution in [0.25, 0.3) is 0 Å². The fraction of sp³-hybridized carbons (Fsp3) is 0.353. The predicted octanol–water partition coefficient (Wildman–Crippen LogP) is 3.02. The largest absolute Gasteiger partial charge is 0.347 e. The molecule has 3 rings (SSSR count). The Morgan fingerprint density at radius 3 is 2.50 bits per heavy atom. The fourth-order valence-corrected chi connectivity index (χ4v) is 3.16. The van der Waals surface area contributed by atoms with Gasteiger partial charge in [0.1, 0.15) is 0 Å². The minimum atomic E-state index is 0.0706. The summed E-state index contributed by atoms with van der Waals surface area (Å²) in [5.41, 5.74) is 2.07. The summed E-state index contributed by atoms with van der Waals surface area (Å²) in [6, 6.07) is 10.0. The van der Waals surface area contributed by atoms with Gasteiger partial charge in [0.15, 0.2) is 0 Å². The van der Waals surface area contributed by atoms with Gasteiger partial charge in [-0.25, -0.2) is 9.97 Å². The Morgan fingerprint density at radius 1 is 1.14 bits per heavy atom. The van der Waals surface area contributed by atoms with Gasteiger partial charge in [-0.1, -0.05) is 25.1 Å². The summed E-state index contributed by atoms with van der Waals surface area (Å²) in [7, 11) is 0. The molecule has 114 valence electrons. The second kappa shape index (κ2) is 5.75. The summed E-state index contributed by atoms with van der Waals surface area (Å²) in [6.45, 7) is 5.85. The van der Waals surface area contributed by atoms with Crippen molar-refractivity contribution < 1.29 is 4.79 Å². The van der Waals surface area contributed by atoms with E-state index in [-0.39, 0.29) is 23.9 Å². The molecule has 1 aliphatic rings. The van der Waals surface area contributed by atoms with Crippen LogP contribution in [0.5, 0.6) is 0 Å². The third-order valence-corrected chi connectivity index (χ3v) is 4.41. The average molecular weight is 296 g/mol. The van der Waals surface area contributed by atoms with Crippen LogP contribution in [0, 0.1) is 5.92 Å². The van der Waals surface area contributed by atoms with Crippen molar-refractivity contribution in [2.24, 2.45) is 5.92 Å². The zero-order valence-corrected chi connectivity index (χ0v) is 13.0. The summed E-state index contributed by atoms with van der Waals surface area (Å²) in [4.78, 5) is 22.5. The Bertz CT molecular complexity index is 673. The number of nitrogens with one attached hydrogen (secondary N) is 1. The van der Waals surface area contributed by atoms with Crippen LogP contribution in [0.15, 0.2) is 42.7 Å². The van der Waals surface area contributed by atoms with Gasteiger partial charge in [-0.2, -0.15) is 0 Å². The predicted molar refractivity (Wildman–Crippen MR) is 86.6 cm³/mol. The quantitative estimate of drug-likeness (QED) is 0.925. The maximum atomic E-state index is 12.1. The highest BCUT2D eigenvalue weighted by atomic mass is 16.2. The van der Waals surface area contributed by atoms with Gasteiger partial charge in [-0.15, -0.1) is 0 Å². The van der Waals surface area contributed by atoms with Gasteiger partial charge in [0.2, 0.25) is 11.9 Å². The highest BCUT2D eigenvalue weighted by Gasteiger charge is 2.38. The molecule has 0 saturated carbocycles. The van der Waals surface area contributed by atoms with Gasteiger partial charge in [0.05, 0.1) is 6.04 Å². The molecule has 0 aliphatic carbocycles. The minimum Gasteiger partial charge on any atom is -0.347 e. The molecular weight excluding hydrogens is 276 g/mol. The number of para-hydroxylation sites is 1. The molecular formula is C17H20N4O. The molecule has 0 spiro atoms. The lowest BCUT2D eigenvalue weighted by atomic mass is 9.83. The number of amides is 1. The van der Waals surface area contributed by atoms with Crippen molar-refractivity contribution in [3.05, 3.63) is 48.3 Å². The van der Waals surface area contributed by atoms with Crippen LogP contribution in [-0.4, -0.2) is 21.9 Å². The summed E-state index contributed by atoms with van der Waals surface area (Å²) in [6.07, 6.45) is 3.44. The molecule has 5 nitrogen and oxygen atoms in total. The zero-order valence-electron chi connectivity index (χ0n) is 13.0. The fourth-order valence-electron chi connectivity index (χ4n) is 3.16. The molecule has 0 unspecified atom stereocenters. The van der Waals surface area contributed by atoms with E-state index < -0.39 is 0 Å². The average Bonchev–Trinajstić information content (AvgIpc) is 2.52. The van der Waals surface area contributed by atoms with Crippen molar-refractivity contribution >= 4 is 17.5 Å². The molecule has 1 aromatic carbocycles. The first kappa shape index (κ1) is 14.5. The molecule has 3 atom stereocenters. The molecule has 0 radical (unpaired) electrons. The maximum absolute atomic E-state index is 12.1. The number of carbonyl (C=O) groups is 1. The van der Waals surface area contributed by atoms with Gasteiger partial charge in [-0.3, -0.25) is 4.79 Å². The van der Waals surface area contributed by atoms with E-state index in [1.807, 2.05) is 23.1 Å². The number of rotatable bonds is 2. The first-order valence-electron chi connectivity index (χ1n) is 7.52. The van der Waals surface area contributed by atoms with Crippen LogP contribution in [0.1, 0.15) is 32.4 Å². The van der Waals surface area contributed by atoms with E-state index in [2.05, 4.69) is 35.2 Å². The lowest BCUT2D eigenvalue weighted by Crippen LogP contribution is -2.48. The molecule has 1 aliphatic heterocycles. The van der Waals surface area contributed by atoms with Crippen LogP contribution in [0.3, 0.4) is 0 Å². The third kappa shape index (κ3) is 2.43. The first-order chi connectivity index (χ1) is 10.6. The smallest absolute Gasteiger partial charge is 0.224 e. The number of benzene rings is 1. The Hall–Kier alpha value is -2.43. The number of nitrogens with zero attached hydrogens (tertiary/aromatic N) is 3. The SMILES string of the molecule is CC(=O)N1c2ccccc2[C@H](Nc2ncccn2)[C@@H](C)[C@@H]1C. The Kier molecular flexibility index (Phi) is 3.79. The highest BCUT2D eigenvalue weighted by Crippen LogP contribution is 2.41. The van der Waals surface area contributed by atoms with Crippen molar-refractivity contribution in [1.29, 1.82) is 0 Å². The van der Waals surface area contributed by atoms with E-state index in [9.17, 15) is 4.79 Å². The van der Waals surface area contributed by atoms with Crippen LogP contribution >= 0.6 is 0 Å². The lowest BCUT2D eigenvalue weighted by Gasteiger charge is -2.43. The second-order valence-electron chi connectivity index (χ2n) is 5.74. The number of hydrogen-bond acceptors (Lipinski definition) is 4. The highest BCUT2D eigenvalue weighted by molar-refractivity contribution is 5.93. The second-order valence-corrected chi connectivity index (χ2v) is 5.74. The van der Waals surface area contributed by atoms with Gasteiger partial charge < -0.3 is 10.2 Å². The number of fused-ring (bicyclic) bond motifs is 1. The molecule has 5 heteroatoms. The number of aromatic nitrogens is 2. The Labute approximate surface area is 130 Å². The Balaban J connectivity index is 2.03. The van der Waals surface area contributed by atoms with Crippen molar-refractivity contribution in [3.63, 3.8) is 0 Å². The van der Waals surface area contributed by atoms with Crippen LogP contribution in [0.2, 0.25) is 0 Å². The van der Waals surface area contributed by atoms with Crippen molar-refractivity contribution in [3.8, 4) is 0 Å². The Morgan fingerprint density at radius 2 is 1.82 bits per heavy atom. The number of carbonyl (C=O) groups excluding carboxylic acids is 1.